The molecule has 3 heteroatoms. The Morgan fingerprint density at radius 3 is 2.73 bits per heavy atom. The molecule has 2 heterocycles. The molecule has 0 aliphatic carbocycles. The third kappa shape index (κ3) is 1.18. The minimum Gasteiger partial charge on any atom is -0.359 e. The Hall–Kier alpha value is -1.12. The van der Waals surface area contributed by atoms with E-state index in [2.05, 4.69) is 46.4 Å². The summed E-state index contributed by atoms with van der Waals surface area (Å²) in [5.41, 5.74) is 0. The highest BCUT2D eigenvalue weighted by atomic mass is 15.4. The first kappa shape index (κ1) is 6.58. The van der Waals surface area contributed by atoms with Crippen LogP contribution in [0.1, 0.15) is 6.92 Å². The minimum absolute atomic E-state index is 1.01. The molecule has 3 nitrogen and oxygen atoms in total. The number of hydrogen-bond donors (Lipinski definition) is 0. The molecule has 0 saturated heterocycles. The number of hydrogen-bond acceptors (Lipinski definition) is 3. The van der Waals surface area contributed by atoms with Gasteiger partial charge in [0.1, 0.15) is 0 Å². The first-order valence-electron chi connectivity index (χ1n) is 3.99. The van der Waals surface area contributed by atoms with Gasteiger partial charge < -0.3 is 14.7 Å². The molecule has 0 aromatic carbocycles. The summed E-state index contributed by atoms with van der Waals surface area (Å²) >= 11 is 0. The lowest BCUT2D eigenvalue weighted by atomic mass is 10.6. The summed E-state index contributed by atoms with van der Waals surface area (Å²) in [6.45, 7) is 5.27. The Morgan fingerprint density at radius 1 is 1.09 bits per heavy atom. The third-order valence-electron chi connectivity index (χ3n) is 2.05. The van der Waals surface area contributed by atoms with E-state index in [9.17, 15) is 0 Å². The average molecular weight is 151 g/mol. The van der Waals surface area contributed by atoms with E-state index in [1.165, 1.54) is 0 Å². The largest absolute Gasteiger partial charge is 0.359 e. The maximum absolute atomic E-state index is 2.28. The zero-order valence-electron chi connectivity index (χ0n) is 6.77. The Balaban J connectivity index is 2.10. The minimum atomic E-state index is 1.01. The molecule has 0 N–H and O–H groups in total. The molecule has 2 bridgehead atoms. The Kier molecular flexibility index (Phi) is 1.49. The van der Waals surface area contributed by atoms with Gasteiger partial charge in [-0.05, 0) is 6.92 Å². The van der Waals surface area contributed by atoms with Crippen LogP contribution < -0.4 is 0 Å². The van der Waals surface area contributed by atoms with Crippen molar-refractivity contribution in [1.29, 1.82) is 0 Å². The van der Waals surface area contributed by atoms with Gasteiger partial charge in [0.05, 0.1) is 13.3 Å². The molecule has 0 atom stereocenters. The summed E-state index contributed by atoms with van der Waals surface area (Å²) in [5, 5.41) is 0. The fraction of sp³-hybridized carbons (Fsp3) is 0.500. The van der Waals surface area contributed by atoms with Crippen LogP contribution >= 0.6 is 0 Å². The van der Waals surface area contributed by atoms with Crippen LogP contribution in [0, 0.1) is 0 Å². The van der Waals surface area contributed by atoms with Crippen molar-refractivity contribution in [1.82, 2.24) is 14.7 Å². The van der Waals surface area contributed by atoms with E-state index in [4.69, 9.17) is 0 Å². The van der Waals surface area contributed by atoms with Crippen LogP contribution in [-0.2, 0) is 0 Å². The smallest absolute Gasteiger partial charge is 0.0953 e. The van der Waals surface area contributed by atoms with Crippen LogP contribution in [-0.4, -0.2) is 34.6 Å². The summed E-state index contributed by atoms with van der Waals surface area (Å²) in [6, 6.07) is 0. The molecule has 0 aromatic rings. The molecule has 0 fully saturated rings. The zero-order chi connectivity index (χ0) is 7.68. The van der Waals surface area contributed by atoms with Crippen LogP contribution in [0.4, 0.5) is 0 Å². The van der Waals surface area contributed by atoms with Gasteiger partial charge in [0.2, 0.25) is 0 Å². The van der Waals surface area contributed by atoms with Gasteiger partial charge in [-0.15, -0.1) is 0 Å². The molecule has 0 radical (unpaired) electrons. The van der Waals surface area contributed by atoms with Gasteiger partial charge in [0.15, 0.2) is 0 Å². The lowest BCUT2D eigenvalue weighted by Crippen LogP contribution is -2.30. The van der Waals surface area contributed by atoms with E-state index in [0.717, 1.165) is 19.9 Å². The lowest BCUT2D eigenvalue weighted by Gasteiger charge is -2.22. The van der Waals surface area contributed by atoms with Crippen molar-refractivity contribution in [2.24, 2.45) is 0 Å². The molecular weight excluding hydrogens is 138 g/mol. The Labute approximate surface area is 67.2 Å². The topological polar surface area (TPSA) is 9.72 Å². The Bertz CT molecular complexity index is 198. The van der Waals surface area contributed by atoms with Crippen LogP contribution in [0.5, 0.6) is 0 Å². The number of rotatable bonds is 1. The number of fused-ring (bicyclic) bond motifs is 2. The molecule has 2 aliphatic heterocycles. The van der Waals surface area contributed by atoms with E-state index < -0.39 is 0 Å². The van der Waals surface area contributed by atoms with E-state index in [-0.39, 0.29) is 0 Å². The quantitative estimate of drug-likeness (QED) is 0.548. The van der Waals surface area contributed by atoms with Gasteiger partial charge in [-0.2, -0.15) is 0 Å². The second kappa shape index (κ2) is 2.49. The molecule has 2 aliphatic rings. The molecule has 0 aromatic heterocycles. The van der Waals surface area contributed by atoms with E-state index in [1.807, 2.05) is 0 Å². The molecular formula is C8H13N3. The van der Waals surface area contributed by atoms with Crippen molar-refractivity contribution in [3.63, 3.8) is 0 Å². The van der Waals surface area contributed by atoms with Crippen molar-refractivity contribution in [3.05, 3.63) is 24.8 Å². The van der Waals surface area contributed by atoms with Crippen molar-refractivity contribution >= 4 is 0 Å². The molecule has 2 rings (SSSR count). The average Bonchev–Trinajstić information content (AvgIpc) is 2.31. The second-order valence-electron chi connectivity index (χ2n) is 2.89. The standard InChI is InChI=1S/C8H13N3/c1-2-9-3-4-10-5-6-11(7-9)8-10/h3-6H,2,7-8H2,1H3. The van der Waals surface area contributed by atoms with Crippen LogP contribution in [0.25, 0.3) is 0 Å². The fourth-order valence-corrected chi connectivity index (χ4v) is 1.34. The fourth-order valence-electron chi connectivity index (χ4n) is 1.34. The Morgan fingerprint density at radius 2 is 1.91 bits per heavy atom. The second-order valence-corrected chi connectivity index (χ2v) is 2.89. The van der Waals surface area contributed by atoms with Crippen LogP contribution in [0.15, 0.2) is 24.8 Å². The summed E-state index contributed by atoms with van der Waals surface area (Å²) < 4.78 is 0. The van der Waals surface area contributed by atoms with Gasteiger partial charge in [-0.3, -0.25) is 0 Å². The van der Waals surface area contributed by atoms with E-state index in [0.29, 0.717) is 0 Å². The SMILES string of the molecule is CCN1C=CN2C=CN(C2)C1. The molecule has 0 amide bonds. The van der Waals surface area contributed by atoms with Crippen LogP contribution in [0.3, 0.4) is 0 Å². The van der Waals surface area contributed by atoms with Gasteiger partial charge in [-0.1, -0.05) is 0 Å². The zero-order valence-corrected chi connectivity index (χ0v) is 6.77. The monoisotopic (exact) mass is 151 g/mol. The van der Waals surface area contributed by atoms with Gasteiger partial charge >= 0.3 is 0 Å². The molecule has 60 valence electrons. The van der Waals surface area contributed by atoms with Crippen LogP contribution in [0.2, 0.25) is 0 Å². The summed E-state index contributed by atoms with van der Waals surface area (Å²) in [7, 11) is 0. The van der Waals surface area contributed by atoms with Crippen molar-refractivity contribution in [3.8, 4) is 0 Å². The normalized spacial score (nSPS) is 21.4. The molecule has 0 saturated carbocycles. The third-order valence-corrected chi connectivity index (χ3v) is 2.05. The predicted octanol–water partition coefficient (Wildman–Crippen LogP) is 0.797. The van der Waals surface area contributed by atoms with Crippen molar-refractivity contribution in [2.75, 3.05) is 19.9 Å². The van der Waals surface area contributed by atoms with Gasteiger partial charge in [-0.25, -0.2) is 0 Å². The highest BCUT2D eigenvalue weighted by Gasteiger charge is 2.14. The van der Waals surface area contributed by atoms with E-state index >= 15 is 0 Å². The molecule has 11 heavy (non-hydrogen) atoms. The molecule has 0 unspecified atom stereocenters. The first-order chi connectivity index (χ1) is 5.38. The first-order valence-corrected chi connectivity index (χ1v) is 3.99. The van der Waals surface area contributed by atoms with Crippen molar-refractivity contribution in [2.45, 2.75) is 6.92 Å². The van der Waals surface area contributed by atoms with Gasteiger partial charge in [0.25, 0.3) is 0 Å². The summed E-state index contributed by atoms with van der Waals surface area (Å²) in [5.74, 6) is 0. The van der Waals surface area contributed by atoms with Gasteiger partial charge in [0, 0.05) is 31.3 Å². The maximum atomic E-state index is 2.28. The molecule has 0 spiro atoms. The summed E-state index contributed by atoms with van der Waals surface area (Å²) in [4.78, 5) is 6.74. The van der Waals surface area contributed by atoms with Crippen molar-refractivity contribution < 1.29 is 0 Å². The summed E-state index contributed by atoms with van der Waals surface area (Å²) in [6.07, 6.45) is 8.49. The highest BCUT2D eigenvalue weighted by molar-refractivity contribution is 5.00. The number of nitrogens with zero attached hydrogens (tertiary/aromatic N) is 3. The lowest BCUT2D eigenvalue weighted by molar-refractivity contribution is 0.229. The van der Waals surface area contributed by atoms with E-state index in [1.54, 1.807) is 0 Å². The predicted molar refractivity (Wildman–Crippen MR) is 44.1 cm³/mol. The maximum Gasteiger partial charge on any atom is 0.0953 e. The highest BCUT2D eigenvalue weighted by Crippen LogP contribution is 2.11.